The van der Waals surface area contributed by atoms with Crippen LogP contribution in [0.3, 0.4) is 0 Å². The van der Waals surface area contributed by atoms with Crippen LogP contribution in [0.1, 0.15) is 16.1 Å². The molecule has 1 saturated heterocycles. The van der Waals surface area contributed by atoms with Crippen LogP contribution >= 0.6 is 0 Å². The smallest absolute Gasteiger partial charge is 0.360 e. The molecule has 1 fully saturated rings. The molecule has 1 aromatic heterocycles. The predicted octanol–water partition coefficient (Wildman–Crippen LogP) is 2.30. The van der Waals surface area contributed by atoms with E-state index in [0.29, 0.717) is 30.3 Å². The van der Waals surface area contributed by atoms with Gasteiger partial charge in [0.1, 0.15) is 5.75 Å². The van der Waals surface area contributed by atoms with Gasteiger partial charge < -0.3 is 14.7 Å². The summed E-state index contributed by atoms with van der Waals surface area (Å²) in [6, 6.07) is 17.6. The minimum Gasteiger partial charge on any atom is -0.497 e. The summed E-state index contributed by atoms with van der Waals surface area (Å²) in [4.78, 5) is 17.5. The third-order valence-corrected chi connectivity index (χ3v) is 5.00. The molecule has 29 heavy (non-hydrogen) atoms. The lowest BCUT2D eigenvalue weighted by molar-refractivity contribution is 0.0690. The van der Waals surface area contributed by atoms with Crippen LogP contribution in [-0.4, -0.2) is 64.3 Å². The Morgan fingerprint density at radius 2 is 1.79 bits per heavy atom. The van der Waals surface area contributed by atoms with Crippen LogP contribution in [0.4, 0.5) is 5.82 Å². The molecule has 2 heterocycles. The number of hydrogen-bond acceptors (Lipinski definition) is 6. The Morgan fingerprint density at radius 1 is 1.03 bits per heavy atom. The van der Waals surface area contributed by atoms with Crippen molar-refractivity contribution < 1.29 is 14.6 Å². The molecule has 0 atom stereocenters. The number of aromatic carboxylic acids is 1. The van der Waals surface area contributed by atoms with Gasteiger partial charge in [-0.05, 0) is 17.7 Å². The lowest BCUT2D eigenvalue weighted by atomic mass is 10.2. The maximum absolute atomic E-state index is 11.8. The molecule has 2 aromatic carbocycles. The molecule has 1 aliphatic rings. The van der Waals surface area contributed by atoms with E-state index in [2.05, 4.69) is 27.2 Å². The summed E-state index contributed by atoms with van der Waals surface area (Å²) >= 11 is 0. The lowest BCUT2D eigenvalue weighted by Gasteiger charge is -2.34. The summed E-state index contributed by atoms with van der Waals surface area (Å²) in [7, 11) is 1.58. The molecule has 8 nitrogen and oxygen atoms in total. The van der Waals surface area contributed by atoms with Gasteiger partial charge in [-0.3, -0.25) is 4.90 Å². The summed E-state index contributed by atoms with van der Waals surface area (Å²) in [5, 5.41) is 18.3. The number of rotatable bonds is 6. The predicted molar refractivity (Wildman–Crippen MR) is 109 cm³/mol. The number of aromatic nitrogens is 3. The number of carbonyl (C=O) groups is 1. The Labute approximate surface area is 168 Å². The zero-order valence-corrected chi connectivity index (χ0v) is 16.2. The number of ether oxygens (including phenoxy) is 1. The number of hydrogen-bond donors (Lipinski definition) is 1. The maximum Gasteiger partial charge on any atom is 0.360 e. The van der Waals surface area contributed by atoms with E-state index in [4.69, 9.17) is 4.74 Å². The van der Waals surface area contributed by atoms with Gasteiger partial charge in [-0.1, -0.05) is 36.4 Å². The number of benzene rings is 2. The molecule has 0 spiro atoms. The Balaban J connectivity index is 1.51. The molecule has 1 N–H and O–H groups in total. The van der Waals surface area contributed by atoms with Gasteiger partial charge in [0.05, 0.1) is 12.8 Å². The van der Waals surface area contributed by atoms with Gasteiger partial charge in [-0.2, -0.15) is 0 Å². The third-order valence-electron chi connectivity index (χ3n) is 5.00. The van der Waals surface area contributed by atoms with Gasteiger partial charge in [0.15, 0.2) is 5.82 Å². The molecular formula is C21H23N5O3. The molecule has 4 rings (SSSR count). The summed E-state index contributed by atoms with van der Waals surface area (Å²) in [5.41, 5.74) is 1.89. The van der Waals surface area contributed by atoms with Crippen LogP contribution in [0, 0.1) is 0 Å². The number of anilines is 1. The van der Waals surface area contributed by atoms with Crippen molar-refractivity contribution in [2.75, 3.05) is 38.2 Å². The quantitative estimate of drug-likeness (QED) is 0.688. The summed E-state index contributed by atoms with van der Waals surface area (Å²) < 4.78 is 5.24. The molecule has 0 bridgehead atoms. The van der Waals surface area contributed by atoms with E-state index in [1.165, 1.54) is 10.4 Å². The number of carboxylic acid groups (broad SMARTS) is 1. The number of piperazine rings is 1. The summed E-state index contributed by atoms with van der Waals surface area (Å²) in [5.74, 6) is -0.0201. The minimum absolute atomic E-state index is 0.0377. The molecule has 0 amide bonds. The van der Waals surface area contributed by atoms with Gasteiger partial charge in [0.2, 0.25) is 5.69 Å². The highest BCUT2D eigenvalue weighted by molar-refractivity contribution is 5.91. The number of carboxylic acids is 1. The standard InChI is InChI=1S/C21H23N5O3/c1-29-18-9-5-8-17(14-18)26-22-19(21(27)28)20(23-26)25-12-10-24(11-13-25)15-16-6-3-2-4-7-16/h2-9,14H,10-13,15H2,1H3,(H,27,28). The molecule has 8 heteroatoms. The molecule has 150 valence electrons. The van der Waals surface area contributed by atoms with E-state index in [1.54, 1.807) is 13.2 Å². The normalized spacial score (nSPS) is 14.7. The maximum atomic E-state index is 11.8. The van der Waals surface area contributed by atoms with Crippen molar-refractivity contribution in [1.82, 2.24) is 19.9 Å². The Hall–Kier alpha value is -3.39. The number of methoxy groups -OCH3 is 1. The van der Waals surface area contributed by atoms with Gasteiger partial charge >= 0.3 is 5.97 Å². The first-order chi connectivity index (χ1) is 14.1. The highest BCUT2D eigenvalue weighted by Gasteiger charge is 2.26. The van der Waals surface area contributed by atoms with Crippen LogP contribution in [0.2, 0.25) is 0 Å². The zero-order chi connectivity index (χ0) is 20.2. The fourth-order valence-corrected chi connectivity index (χ4v) is 3.46. The second kappa shape index (κ2) is 8.32. The molecule has 1 aliphatic heterocycles. The van der Waals surface area contributed by atoms with Crippen molar-refractivity contribution in [1.29, 1.82) is 0 Å². The van der Waals surface area contributed by atoms with Crippen molar-refractivity contribution in [3.8, 4) is 11.4 Å². The fourth-order valence-electron chi connectivity index (χ4n) is 3.46. The first kappa shape index (κ1) is 18.9. The molecule has 0 radical (unpaired) electrons. The third kappa shape index (κ3) is 4.22. The minimum atomic E-state index is -1.08. The molecule has 0 aliphatic carbocycles. The molecule has 0 saturated carbocycles. The Kier molecular flexibility index (Phi) is 5.44. The first-order valence-electron chi connectivity index (χ1n) is 9.50. The fraction of sp³-hybridized carbons (Fsp3) is 0.286. The van der Waals surface area contributed by atoms with Crippen LogP contribution in [0.25, 0.3) is 5.69 Å². The van der Waals surface area contributed by atoms with E-state index >= 15 is 0 Å². The highest BCUT2D eigenvalue weighted by atomic mass is 16.5. The van der Waals surface area contributed by atoms with Crippen molar-refractivity contribution in [2.24, 2.45) is 0 Å². The monoisotopic (exact) mass is 393 g/mol. The van der Waals surface area contributed by atoms with E-state index in [9.17, 15) is 9.90 Å². The van der Waals surface area contributed by atoms with Gasteiger partial charge in [0.25, 0.3) is 0 Å². The van der Waals surface area contributed by atoms with Crippen LogP contribution in [-0.2, 0) is 6.54 Å². The van der Waals surface area contributed by atoms with E-state index < -0.39 is 5.97 Å². The van der Waals surface area contributed by atoms with E-state index in [0.717, 1.165) is 19.6 Å². The summed E-state index contributed by atoms with van der Waals surface area (Å²) in [6.45, 7) is 3.95. The van der Waals surface area contributed by atoms with E-state index in [-0.39, 0.29) is 5.69 Å². The zero-order valence-electron chi connectivity index (χ0n) is 16.2. The highest BCUT2D eigenvalue weighted by Crippen LogP contribution is 2.22. The van der Waals surface area contributed by atoms with Crippen LogP contribution in [0.5, 0.6) is 5.75 Å². The Bertz CT molecular complexity index is 981. The largest absolute Gasteiger partial charge is 0.497 e. The first-order valence-corrected chi connectivity index (χ1v) is 9.50. The van der Waals surface area contributed by atoms with Crippen molar-refractivity contribution >= 4 is 11.8 Å². The summed E-state index contributed by atoms with van der Waals surface area (Å²) in [6.07, 6.45) is 0. The number of nitrogens with zero attached hydrogens (tertiary/aromatic N) is 5. The lowest BCUT2D eigenvalue weighted by Crippen LogP contribution is -2.46. The second-order valence-corrected chi connectivity index (χ2v) is 6.92. The topological polar surface area (TPSA) is 83.7 Å². The van der Waals surface area contributed by atoms with Crippen LogP contribution < -0.4 is 9.64 Å². The van der Waals surface area contributed by atoms with Crippen molar-refractivity contribution in [3.05, 3.63) is 65.9 Å². The van der Waals surface area contributed by atoms with E-state index in [1.807, 2.05) is 41.3 Å². The van der Waals surface area contributed by atoms with Gasteiger partial charge in [-0.25, -0.2) is 4.79 Å². The second-order valence-electron chi connectivity index (χ2n) is 6.92. The Morgan fingerprint density at radius 3 is 2.48 bits per heavy atom. The molecule has 0 unspecified atom stereocenters. The average molecular weight is 393 g/mol. The van der Waals surface area contributed by atoms with Crippen molar-refractivity contribution in [2.45, 2.75) is 6.54 Å². The SMILES string of the molecule is COc1cccc(-n2nc(C(=O)O)c(N3CCN(Cc4ccccc4)CC3)n2)c1. The molecular weight excluding hydrogens is 370 g/mol. The van der Waals surface area contributed by atoms with Crippen molar-refractivity contribution in [3.63, 3.8) is 0 Å². The average Bonchev–Trinajstić information content (AvgIpc) is 3.21. The molecule has 3 aromatic rings. The van der Waals surface area contributed by atoms with Gasteiger partial charge in [0, 0.05) is 38.8 Å². The van der Waals surface area contributed by atoms with Crippen LogP contribution in [0.15, 0.2) is 54.6 Å². The van der Waals surface area contributed by atoms with Gasteiger partial charge in [-0.15, -0.1) is 15.0 Å².